The van der Waals surface area contributed by atoms with Crippen LogP contribution in [0.4, 0.5) is 5.82 Å². The molecule has 0 aliphatic carbocycles. The minimum absolute atomic E-state index is 0.205. The van der Waals surface area contributed by atoms with Crippen molar-refractivity contribution in [2.75, 3.05) is 31.1 Å². The SMILES string of the molecule is CCC[C@@H](C)c1nc(N2CCCN(C(=O)Cc3cccs3)CC2)c2cnn(-c3ccccc3)c2n1. The van der Waals surface area contributed by atoms with Gasteiger partial charge in [0.15, 0.2) is 5.65 Å². The van der Waals surface area contributed by atoms with Crippen LogP contribution >= 0.6 is 11.3 Å². The van der Waals surface area contributed by atoms with Gasteiger partial charge in [0.2, 0.25) is 5.91 Å². The molecule has 7 nitrogen and oxygen atoms in total. The molecule has 0 saturated carbocycles. The number of hydrogen-bond donors (Lipinski definition) is 0. The van der Waals surface area contributed by atoms with Crippen molar-refractivity contribution in [3.05, 3.63) is 64.7 Å². The number of hydrogen-bond acceptors (Lipinski definition) is 6. The molecule has 0 N–H and O–H groups in total. The van der Waals surface area contributed by atoms with Gasteiger partial charge in [-0.1, -0.05) is 44.5 Å². The highest BCUT2D eigenvalue weighted by Gasteiger charge is 2.24. The summed E-state index contributed by atoms with van der Waals surface area (Å²) in [5.74, 6) is 2.26. The van der Waals surface area contributed by atoms with Crippen LogP contribution in [-0.4, -0.2) is 56.7 Å². The zero-order valence-electron chi connectivity index (χ0n) is 20.4. The number of fused-ring (bicyclic) bond motifs is 1. The van der Waals surface area contributed by atoms with Crippen LogP contribution in [0.15, 0.2) is 54.0 Å². The molecule has 1 saturated heterocycles. The summed E-state index contributed by atoms with van der Waals surface area (Å²) in [6.07, 6.45) is 5.40. The summed E-state index contributed by atoms with van der Waals surface area (Å²) in [4.78, 5) is 28.4. The smallest absolute Gasteiger partial charge is 0.227 e. The second-order valence-electron chi connectivity index (χ2n) is 9.20. The summed E-state index contributed by atoms with van der Waals surface area (Å²) in [7, 11) is 0. The van der Waals surface area contributed by atoms with Crippen LogP contribution in [0.2, 0.25) is 0 Å². The first-order chi connectivity index (χ1) is 17.1. The quantitative estimate of drug-likeness (QED) is 0.364. The minimum Gasteiger partial charge on any atom is -0.354 e. The lowest BCUT2D eigenvalue weighted by molar-refractivity contribution is -0.130. The van der Waals surface area contributed by atoms with E-state index in [0.717, 1.165) is 72.1 Å². The van der Waals surface area contributed by atoms with Crippen molar-refractivity contribution < 1.29 is 4.79 Å². The third kappa shape index (κ3) is 5.07. The fourth-order valence-electron chi connectivity index (χ4n) is 4.74. The lowest BCUT2D eigenvalue weighted by atomic mass is 10.1. The maximum Gasteiger partial charge on any atom is 0.227 e. The Kier molecular flexibility index (Phi) is 7.08. The highest BCUT2D eigenvalue weighted by molar-refractivity contribution is 7.10. The Morgan fingerprint density at radius 3 is 2.69 bits per heavy atom. The molecule has 5 rings (SSSR count). The van der Waals surface area contributed by atoms with Gasteiger partial charge in [0.25, 0.3) is 0 Å². The Hall–Kier alpha value is -3.26. The van der Waals surface area contributed by atoms with Crippen molar-refractivity contribution in [2.45, 2.75) is 45.4 Å². The maximum absolute atomic E-state index is 12.9. The molecular formula is C27H32N6OS. The van der Waals surface area contributed by atoms with Crippen LogP contribution in [-0.2, 0) is 11.2 Å². The van der Waals surface area contributed by atoms with Gasteiger partial charge in [0.05, 0.1) is 23.7 Å². The number of nitrogens with zero attached hydrogens (tertiary/aromatic N) is 6. The van der Waals surface area contributed by atoms with Crippen LogP contribution in [0.5, 0.6) is 0 Å². The summed E-state index contributed by atoms with van der Waals surface area (Å²) >= 11 is 1.64. The molecule has 1 aromatic carbocycles. The Morgan fingerprint density at radius 2 is 1.91 bits per heavy atom. The zero-order valence-corrected chi connectivity index (χ0v) is 21.2. The summed E-state index contributed by atoms with van der Waals surface area (Å²) in [5, 5.41) is 7.69. The monoisotopic (exact) mass is 488 g/mol. The van der Waals surface area contributed by atoms with Crippen LogP contribution in [0.1, 0.15) is 49.7 Å². The van der Waals surface area contributed by atoms with E-state index in [1.807, 2.05) is 63.6 Å². The van der Waals surface area contributed by atoms with Crippen LogP contribution in [0.25, 0.3) is 16.7 Å². The number of thiophene rings is 1. The van der Waals surface area contributed by atoms with Crippen LogP contribution < -0.4 is 4.90 Å². The molecule has 1 atom stereocenters. The molecule has 0 radical (unpaired) electrons. The van der Waals surface area contributed by atoms with Crippen molar-refractivity contribution in [3.8, 4) is 5.69 Å². The molecule has 1 aliphatic rings. The third-order valence-corrected chi connectivity index (χ3v) is 7.52. The Labute approximate surface area is 210 Å². The van der Waals surface area contributed by atoms with Crippen molar-refractivity contribution >= 4 is 34.1 Å². The van der Waals surface area contributed by atoms with Gasteiger partial charge in [-0.15, -0.1) is 11.3 Å². The summed E-state index contributed by atoms with van der Waals surface area (Å²) in [6.45, 7) is 7.47. The van der Waals surface area contributed by atoms with Crippen LogP contribution in [0.3, 0.4) is 0 Å². The van der Waals surface area contributed by atoms with Gasteiger partial charge < -0.3 is 9.80 Å². The standard InChI is InChI=1S/C27H32N6OS/c1-3-9-20(2)25-29-26(23-19-28-33(27(23)30-25)21-10-5-4-6-11-21)32-14-8-13-31(15-16-32)24(34)18-22-12-7-17-35-22/h4-7,10-12,17,19-20H,3,8-9,13-16,18H2,1-2H3/t20-/m1/s1. The average molecular weight is 489 g/mol. The van der Waals surface area contributed by atoms with E-state index in [2.05, 4.69) is 18.7 Å². The van der Waals surface area contributed by atoms with Crippen molar-refractivity contribution in [1.82, 2.24) is 24.6 Å². The number of rotatable bonds is 7. The second-order valence-corrected chi connectivity index (χ2v) is 10.2. The number of benzene rings is 1. The van der Waals surface area contributed by atoms with Gasteiger partial charge in [-0.25, -0.2) is 14.6 Å². The molecule has 8 heteroatoms. The van der Waals surface area contributed by atoms with E-state index in [4.69, 9.17) is 15.1 Å². The Morgan fingerprint density at radius 1 is 1.06 bits per heavy atom. The topological polar surface area (TPSA) is 67.2 Å². The molecular weight excluding hydrogens is 456 g/mol. The largest absolute Gasteiger partial charge is 0.354 e. The van der Waals surface area contributed by atoms with Crippen molar-refractivity contribution in [1.29, 1.82) is 0 Å². The molecule has 182 valence electrons. The number of anilines is 1. The lowest BCUT2D eigenvalue weighted by Gasteiger charge is -2.24. The van der Waals surface area contributed by atoms with E-state index < -0.39 is 0 Å². The molecule has 3 aromatic heterocycles. The van der Waals surface area contributed by atoms with E-state index in [9.17, 15) is 4.79 Å². The van der Waals surface area contributed by atoms with Gasteiger partial charge in [-0.2, -0.15) is 5.10 Å². The van der Waals surface area contributed by atoms with E-state index in [0.29, 0.717) is 13.0 Å². The normalized spacial score (nSPS) is 15.4. The molecule has 0 spiro atoms. The number of aromatic nitrogens is 4. The molecule has 4 aromatic rings. The van der Waals surface area contributed by atoms with E-state index in [-0.39, 0.29) is 11.8 Å². The predicted molar refractivity (Wildman–Crippen MR) is 141 cm³/mol. The highest BCUT2D eigenvalue weighted by atomic mass is 32.1. The van der Waals surface area contributed by atoms with Crippen molar-refractivity contribution in [3.63, 3.8) is 0 Å². The number of para-hydroxylation sites is 1. The summed E-state index contributed by atoms with van der Waals surface area (Å²) < 4.78 is 1.91. The Bertz CT molecular complexity index is 1270. The molecule has 1 amide bonds. The number of amides is 1. The predicted octanol–water partition coefficient (Wildman–Crippen LogP) is 5.06. The number of carbonyl (C=O) groups is 1. The van der Waals surface area contributed by atoms with Gasteiger partial charge in [0, 0.05) is 37.0 Å². The van der Waals surface area contributed by atoms with Gasteiger partial charge in [-0.3, -0.25) is 4.79 Å². The summed E-state index contributed by atoms with van der Waals surface area (Å²) in [6, 6.07) is 14.2. The van der Waals surface area contributed by atoms with Gasteiger partial charge >= 0.3 is 0 Å². The number of carbonyl (C=O) groups excluding carboxylic acids is 1. The zero-order chi connectivity index (χ0) is 24.2. The van der Waals surface area contributed by atoms with E-state index in [1.54, 1.807) is 11.3 Å². The van der Waals surface area contributed by atoms with E-state index in [1.165, 1.54) is 0 Å². The highest BCUT2D eigenvalue weighted by Crippen LogP contribution is 2.29. The molecule has 0 bridgehead atoms. The first-order valence-electron chi connectivity index (χ1n) is 12.5. The second kappa shape index (κ2) is 10.6. The molecule has 4 heterocycles. The first kappa shape index (κ1) is 23.5. The van der Waals surface area contributed by atoms with Gasteiger partial charge in [-0.05, 0) is 36.4 Å². The van der Waals surface area contributed by atoms with E-state index >= 15 is 0 Å². The lowest BCUT2D eigenvalue weighted by Crippen LogP contribution is -2.36. The summed E-state index contributed by atoms with van der Waals surface area (Å²) in [5.41, 5.74) is 1.83. The third-order valence-electron chi connectivity index (χ3n) is 6.64. The molecule has 1 aliphatic heterocycles. The van der Waals surface area contributed by atoms with Gasteiger partial charge in [0.1, 0.15) is 11.6 Å². The first-order valence-corrected chi connectivity index (χ1v) is 13.4. The fraction of sp³-hybridized carbons (Fsp3) is 0.407. The molecule has 1 fully saturated rings. The van der Waals surface area contributed by atoms with Crippen LogP contribution in [0, 0.1) is 0 Å². The minimum atomic E-state index is 0.205. The Balaban J connectivity index is 1.45. The van der Waals surface area contributed by atoms with Crippen molar-refractivity contribution in [2.24, 2.45) is 0 Å². The fourth-order valence-corrected chi connectivity index (χ4v) is 5.44. The molecule has 35 heavy (non-hydrogen) atoms. The maximum atomic E-state index is 12.9. The average Bonchev–Trinajstić information content (AvgIpc) is 3.48. The molecule has 0 unspecified atom stereocenters.